The van der Waals surface area contributed by atoms with Gasteiger partial charge in [0.25, 0.3) is 11.8 Å². The Hall–Kier alpha value is -2.76. The van der Waals surface area contributed by atoms with Gasteiger partial charge >= 0.3 is 0 Å². The Morgan fingerprint density at radius 1 is 1.18 bits per heavy atom. The van der Waals surface area contributed by atoms with Crippen LogP contribution in [0.2, 0.25) is 0 Å². The largest absolute Gasteiger partial charge is 0.484 e. The Morgan fingerprint density at radius 3 is 2.41 bits per heavy atom. The molecule has 0 unspecified atom stereocenters. The third-order valence-electron chi connectivity index (χ3n) is 3.15. The van der Waals surface area contributed by atoms with Gasteiger partial charge in [-0.05, 0) is 36.4 Å². The number of nitrogens with one attached hydrogen (secondary N) is 1. The fraction of sp³-hybridized carbons (Fsp3) is 0.250. The lowest BCUT2D eigenvalue weighted by atomic mass is 10.3. The summed E-state index contributed by atoms with van der Waals surface area (Å²) in [5.41, 5.74) is 1.24. The lowest BCUT2D eigenvalue weighted by Crippen LogP contribution is -2.27. The zero-order valence-corrected chi connectivity index (χ0v) is 12.9. The molecule has 2 rings (SSSR count). The number of ether oxygens (including phenoxy) is 1. The maximum atomic E-state index is 12.1. The van der Waals surface area contributed by atoms with Gasteiger partial charge in [-0.3, -0.25) is 9.59 Å². The average molecular weight is 301 g/mol. The van der Waals surface area contributed by atoms with Crippen molar-refractivity contribution in [1.29, 1.82) is 0 Å². The number of carbonyl (C=O) groups excluding carboxylic acids is 2. The smallest absolute Gasteiger partial charge is 0.272 e. The summed E-state index contributed by atoms with van der Waals surface area (Å²) in [5, 5.41) is 2.80. The van der Waals surface area contributed by atoms with Crippen LogP contribution in [-0.2, 0) is 11.8 Å². The number of nitrogens with zero attached hydrogens (tertiary/aromatic N) is 2. The Morgan fingerprint density at radius 2 is 1.86 bits per heavy atom. The van der Waals surface area contributed by atoms with Crippen LogP contribution in [0.1, 0.15) is 10.5 Å². The van der Waals surface area contributed by atoms with E-state index in [0.29, 0.717) is 17.1 Å². The second-order valence-electron chi connectivity index (χ2n) is 5.06. The van der Waals surface area contributed by atoms with Crippen LogP contribution in [0.25, 0.3) is 0 Å². The van der Waals surface area contributed by atoms with Crippen molar-refractivity contribution in [2.75, 3.05) is 26.0 Å². The molecule has 2 aromatic rings. The summed E-state index contributed by atoms with van der Waals surface area (Å²) in [6.07, 6.45) is 1.81. The monoisotopic (exact) mass is 301 g/mol. The number of carbonyl (C=O) groups is 2. The van der Waals surface area contributed by atoms with E-state index in [4.69, 9.17) is 4.74 Å². The Kier molecular flexibility index (Phi) is 4.83. The van der Waals surface area contributed by atoms with Gasteiger partial charge < -0.3 is 19.5 Å². The van der Waals surface area contributed by atoms with Crippen molar-refractivity contribution in [2.24, 2.45) is 7.05 Å². The number of likely N-dealkylation sites (N-methyl/N-ethyl adjacent to an activating group) is 1. The zero-order valence-electron chi connectivity index (χ0n) is 12.9. The third-order valence-corrected chi connectivity index (χ3v) is 3.15. The zero-order chi connectivity index (χ0) is 16.1. The van der Waals surface area contributed by atoms with Gasteiger partial charge in [-0.15, -0.1) is 0 Å². The normalized spacial score (nSPS) is 10.1. The molecule has 0 bridgehead atoms. The van der Waals surface area contributed by atoms with Gasteiger partial charge in [0.05, 0.1) is 0 Å². The number of aromatic nitrogens is 1. The van der Waals surface area contributed by atoms with Crippen molar-refractivity contribution in [3.05, 3.63) is 48.3 Å². The fourth-order valence-corrected chi connectivity index (χ4v) is 1.80. The molecule has 0 radical (unpaired) electrons. The minimum atomic E-state index is -0.177. The molecule has 0 spiro atoms. The van der Waals surface area contributed by atoms with Gasteiger partial charge in [0.2, 0.25) is 0 Å². The summed E-state index contributed by atoms with van der Waals surface area (Å²) < 4.78 is 7.12. The highest BCUT2D eigenvalue weighted by Crippen LogP contribution is 2.16. The first kappa shape index (κ1) is 15.6. The first-order chi connectivity index (χ1) is 10.5. The summed E-state index contributed by atoms with van der Waals surface area (Å²) in [5.74, 6) is 0.289. The van der Waals surface area contributed by atoms with Crippen LogP contribution in [0.15, 0.2) is 42.6 Å². The Labute approximate surface area is 129 Å². The number of hydrogen-bond donors (Lipinski definition) is 1. The Bertz CT molecular complexity index is 660. The van der Waals surface area contributed by atoms with Crippen LogP contribution in [0.3, 0.4) is 0 Å². The SMILES string of the molecule is CN(C)C(=O)COc1ccc(NC(=O)c2cccn2C)cc1. The van der Waals surface area contributed by atoms with E-state index in [1.54, 1.807) is 49.0 Å². The molecular formula is C16H19N3O3. The summed E-state index contributed by atoms with van der Waals surface area (Å²) in [4.78, 5) is 25.0. The van der Waals surface area contributed by atoms with Crippen molar-refractivity contribution in [3.8, 4) is 5.75 Å². The molecule has 0 aliphatic carbocycles. The average Bonchev–Trinajstić information content (AvgIpc) is 2.92. The molecule has 0 aliphatic rings. The summed E-state index contributed by atoms with van der Waals surface area (Å²) >= 11 is 0. The first-order valence-corrected chi connectivity index (χ1v) is 6.83. The van der Waals surface area contributed by atoms with Crippen molar-refractivity contribution in [1.82, 2.24) is 9.47 Å². The van der Waals surface area contributed by atoms with Crippen LogP contribution < -0.4 is 10.1 Å². The molecule has 6 nitrogen and oxygen atoms in total. The highest BCUT2D eigenvalue weighted by molar-refractivity contribution is 6.03. The first-order valence-electron chi connectivity index (χ1n) is 6.83. The summed E-state index contributed by atoms with van der Waals surface area (Å²) in [7, 11) is 5.16. The maximum absolute atomic E-state index is 12.1. The minimum absolute atomic E-state index is 0.0118. The van der Waals surface area contributed by atoms with Crippen LogP contribution in [0.5, 0.6) is 5.75 Å². The minimum Gasteiger partial charge on any atom is -0.484 e. The molecule has 1 aromatic carbocycles. The molecule has 0 saturated heterocycles. The number of benzene rings is 1. The molecular weight excluding hydrogens is 282 g/mol. The quantitative estimate of drug-likeness (QED) is 0.915. The molecule has 116 valence electrons. The van der Waals surface area contributed by atoms with E-state index >= 15 is 0 Å². The lowest BCUT2D eigenvalue weighted by molar-refractivity contribution is -0.130. The van der Waals surface area contributed by atoms with Crippen LogP contribution in [0, 0.1) is 0 Å². The van der Waals surface area contributed by atoms with Crippen molar-refractivity contribution in [2.45, 2.75) is 0 Å². The molecule has 1 N–H and O–H groups in total. The van der Waals surface area contributed by atoms with E-state index in [0.717, 1.165) is 0 Å². The molecule has 0 saturated carbocycles. The highest BCUT2D eigenvalue weighted by Gasteiger charge is 2.09. The standard InChI is InChI=1S/C16H19N3O3/c1-18(2)15(20)11-22-13-8-6-12(7-9-13)17-16(21)14-5-4-10-19(14)3/h4-10H,11H2,1-3H3,(H,17,21). The van der Waals surface area contributed by atoms with Crippen molar-refractivity contribution < 1.29 is 14.3 Å². The van der Waals surface area contributed by atoms with Crippen molar-refractivity contribution in [3.63, 3.8) is 0 Å². The molecule has 1 heterocycles. The lowest BCUT2D eigenvalue weighted by Gasteiger charge is -2.12. The molecule has 22 heavy (non-hydrogen) atoms. The van der Waals surface area contributed by atoms with E-state index in [2.05, 4.69) is 5.32 Å². The predicted molar refractivity (Wildman–Crippen MR) is 84.0 cm³/mol. The van der Waals surface area contributed by atoms with Crippen LogP contribution in [-0.4, -0.2) is 42.0 Å². The molecule has 6 heteroatoms. The highest BCUT2D eigenvalue weighted by atomic mass is 16.5. The van der Waals surface area contributed by atoms with Crippen LogP contribution in [0.4, 0.5) is 5.69 Å². The molecule has 2 amide bonds. The van der Waals surface area contributed by atoms with E-state index in [1.165, 1.54) is 4.90 Å². The Balaban J connectivity index is 1.93. The van der Waals surface area contributed by atoms with E-state index < -0.39 is 0 Å². The van der Waals surface area contributed by atoms with Gasteiger partial charge in [-0.25, -0.2) is 0 Å². The van der Waals surface area contributed by atoms with E-state index in [1.807, 2.05) is 19.3 Å². The van der Waals surface area contributed by atoms with Gasteiger partial charge in [-0.1, -0.05) is 0 Å². The topological polar surface area (TPSA) is 63.6 Å². The molecule has 1 aromatic heterocycles. The van der Waals surface area contributed by atoms with E-state index in [9.17, 15) is 9.59 Å². The number of aryl methyl sites for hydroxylation is 1. The van der Waals surface area contributed by atoms with E-state index in [-0.39, 0.29) is 18.4 Å². The predicted octanol–water partition coefficient (Wildman–Crippen LogP) is 1.74. The number of anilines is 1. The van der Waals surface area contributed by atoms with Crippen molar-refractivity contribution >= 4 is 17.5 Å². The third kappa shape index (κ3) is 3.88. The van der Waals surface area contributed by atoms with Gasteiger partial charge in [0.15, 0.2) is 6.61 Å². The van der Waals surface area contributed by atoms with Gasteiger partial charge in [0.1, 0.15) is 11.4 Å². The number of rotatable bonds is 5. The van der Waals surface area contributed by atoms with Crippen LogP contribution >= 0.6 is 0 Å². The molecule has 0 atom stereocenters. The van der Waals surface area contributed by atoms with Gasteiger partial charge in [-0.2, -0.15) is 0 Å². The fourth-order valence-electron chi connectivity index (χ4n) is 1.80. The summed E-state index contributed by atoms with van der Waals surface area (Å²) in [6.45, 7) is -0.0118. The maximum Gasteiger partial charge on any atom is 0.272 e. The second-order valence-corrected chi connectivity index (χ2v) is 5.06. The van der Waals surface area contributed by atoms with Gasteiger partial charge in [0, 0.05) is 33.0 Å². The number of amides is 2. The summed E-state index contributed by atoms with van der Waals surface area (Å²) in [6, 6.07) is 10.5. The second kappa shape index (κ2) is 6.80. The molecule has 0 fully saturated rings. The molecule has 0 aliphatic heterocycles. The number of hydrogen-bond acceptors (Lipinski definition) is 3.